The standard InChI is InChI=1S/C26H25NO6/c1-15(2)33-18-10-8-17(9-11-18)27-23(21-6-5-13-32-21)22(25(29)26(27)30)24(28)19-14-16(3)7-12-20(19)31-4/h5-15,23,28H,1-4H3/b24-22-. The molecule has 0 spiro atoms. The van der Waals surface area contributed by atoms with Gasteiger partial charge in [0.15, 0.2) is 0 Å². The Morgan fingerprint density at radius 1 is 1.09 bits per heavy atom. The van der Waals surface area contributed by atoms with E-state index >= 15 is 0 Å². The molecule has 3 aromatic rings. The number of methoxy groups -OCH3 is 1. The van der Waals surface area contributed by atoms with E-state index < -0.39 is 17.7 Å². The number of Topliss-reactive ketones (excluding diaryl/α,β-unsaturated/α-hetero) is 1. The highest BCUT2D eigenvalue weighted by molar-refractivity contribution is 6.51. The van der Waals surface area contributed by atoms with Gasteiger partial charge in [-0.05, 0) is 69.3 Å². The summed E-state index contributed by atoms with van der Waals surface area (Å²) in [5.74, 6) is -0.508. The van der Waals surface area contributed by atoms with Gasteiger partial charge in [0.25, 0.3) is 11.7 Å². The van der Waals surface area contributed by atoms with Crippen LogP contribution in [0.2, 0.25) is 0 Å². The summed E-state index contributed by atoms with van der Waals surface area (Å²) in [4.78, 5) is 27.7. The number of anilines is 1. The van der Waals surface area contributed by atoms with E-state index in [2.05, 4.69) is 0 Å². The van der Waals surface area contributed by atoms with E-state index in [1.807, 2.05) is 26.8 Å². The average Bonchev–Trinajstić information content (AvgIpc) is 3.41. The number of nitrogens with zero attached hydrogens (tertiary/aromatic N) is 1. The number of ether oxygens (including phenoxy) is 2. The average molecular weight is 447 g/mol. The first kappa shape index (κ1) is 22.2. The van der Waals surface area contributed by atoms with Crippen LogP contribution in [0.3, 0.4) is 0 Å². The molecule has 4 rings (SSSR count). The Kier molecular flexibility index (Phi) is 5.96. The number of benzene rings is 2. The van der Waals surface area contributed by atoms with Gasteiger partial charge in [-0.1, -0.05) is 11.6 Å². The van der Waals surface area contributed by atoms with Crippen molar-refractivity contribution in [2.75, 3.05) is 12.0 Å². The predicted molar refractivity (Wildman–Crippen MR) is 123 cm³/mol. The Balaban J connectivity index is 1.87. The van der Waals surface area contributed by atoms with E-state index in [1.54, 1.807) is 48.5 Å². The highest BCUT2D eigenvalue weighted by Gasteiger charge is 2.48. The van der Waals surface area contributed by atoms with Crippen molar-refractivity contribution in [1.82, 2.24) is 0 Å². The van der Waals surface area contributed by atoms with Crippen LogP contribution in [0.5, 0.6) is 11.5 Å². The number of hydrogen-bond acceptors (Lipinski definition) is 6. The predicted octanol–water partition coefficient (Wildman–Crippen LogP) is 5.01. The molecule has 1 N–H and O–H groups in total. The van der Waals surface area contributed by atoms with Crippen LogP contribution in [-0.4, -0.2) is 30.0 Å². The van der Waals surface area contributed by atoms with Crippen LogP contribution in [0.25, 0.3) is 5.76 Å². The summed E-state index contributed by atoms with van der Waals surface area (Å²) < 4.78 is 16.7. The van der Waals surface area contributed by atoms with Crippen LogP contribution >= 0.6 is 0 Å². The third-order valence-electron chi connectivity index (χ3n) is 5.35. The van der Waals surface area contributed by atoms with Gasteiger partial charge in [0, 0.05) is 5.69 Å². The first-order valence-corrected chi connectivity index (χ1v) is 10.6. The maximum absolute atomic E-state index is 13.2. The van der Waals surface area contributed by atoms with Crippen LogP contribution in [-0.2, 0) is 9.59 Å². The van der Waals surface area contributed by atoms with Crippen LogP contribution in [0.15, 0.2) is 70.9 Å². The molecule has 0 radical (unpaired) electrons. The number of ketones is 1. The number of aryl methyl sites for hydroxylation is 1. The van der Waals surface area contributed by atoms with E-state index in [0.717, 1.165) is 5.56 Å². The number of aliphatic hydroxyl groups is 1. The minimum atomic E-state index is -0.943. The van der Waals surface area contributed by atoms with Gasteiger partial charge >= 0.3 is 0 Å². The third kappa shape index (κ3) is 4.09. The molecule has 1 fully saturated rings. The fourth-order valence-electron chi connectivity index (χ4n) is 3.92. The normalized spacial score (nSPS) is 17.6. The second kappa shape index (κ2) is 8.86. The van der Waals surface area contributed by atoms with E-state index in [9.17, 15) is 14.7 Å². The summed E-state index contributed by atoms with van der Waals surface area (Å²) in [7, 11) is 1.48. The van der Waals surface area contributed by atoms with Gasteiger partial charge in [-0.25, -0.2) is 0 Å². The molecule has 1 aliphatic heterocycles. The molecule has 1 saturated heterocycles. The molecule has 0 aliphatic carbocycles. The second-order valence-corrected chi connectivity index (χ2v) is 8.05. The van der Waals surface area contributed by atoms with Crippen LogP contribution in [0.4, 0.5) is 5.69 Å². The van der Waals surface area contributed by atoms with Gasteiger partial charge in [0.1, 0.15) is 29.1 Å². The lowest BCUT2D eigenvalue weighted by Crippen LogP contribution is -2.29. The number of furan rings is 1. The molecule has 2 aromatic carbocycles. The van der Waals surface area contributed by atoms with Crippen LogP contribution in [0.1, 0.15) is 36.8 Å². The first-order valence-electron chi connectivity index (χ1n) is 10.6. The summed E-state index contributed by atoms with van der Waals surface area (Å²) in [6, 6.07) is 14.5. The van der Waals surface area contributed by atoms with Gasteiger partial charge in [0.2, 0.25) is 0 Å². The molecule has 0 saturated carbocycles. The molecule has 33 heavy (non-hydrogen) atoms. The van der Waals surface area contributed by atoms with Crippen molar-refractivity contribution in [3.05, 3.63) is 83.3 Å². The zero-order valence-electron chi connectivity index (χ0n) is 18.9. The minimum Gasteiger partial charge on any atom is -0.507 e. The third-order valence-corrected chi connectivity index (χ3v) is 5.35. The molecule has 1 amide bonds. The lowest BCUT2D eigenvalue weighted by Gasteiger charge is -2.24. The molecule has 170 valence electrons. The summed E-state index contributed by atoms with van der Waals surface area (Å²) in [5, 5.41) is 11.3. The number of hydrogen-bond donors (Lipinski definition) is 1. The van der Waals surface area contributed by atoms with Gasteiger partial charge in [-0.2, -0.15) is 0 Å². The Labute approximate surface area is 191 Å². The Hall–Kier alpha value is -4.00. The van der Waals surface area contributed by atoms with E-state index in [0.29, 0.717) is 28.5 Å². The van der Waals surface area contributed by atoms with Crippen molar-refractivity contribution in [3.63, 3.8) is 0 Å². The maximum Gasteiger partial charge on any atom is 0.300 e. The molecule has 2 heterocycles. The molecule has 1 atom stereocenters. The van der Waals surface area contributed by atoms with Crippen molar-refractivity contribution in [1.29, 1.82) is 0 Å². The maximum atomic E-state index is 13.2. The molecule has 1 aromatic heterocycles. The highest BCUT2D eigenvalue weighted by atomic mass is 16.5. The smallest absolute Gasteiger partial charge is 0.300 e. The first-order chi connectivity index (χ1) is 15.8. The van der Waals surface area contributed by atoms with Crippen LogP contribution < -0.4 is 14.4 Å². The monoisotopic (exact) mass is 447 g/mol. The zero-order valence-corrected chi connectivity index (χ0v) is 18.9. The lowest BCUT2D eigenvalue weighted by atomic mass is 9.97. The fourth-order valence-corrected chi connectivity index (χ4v) is 3.92. The molecular formula is C26H25NO6. The topological polar surface area (TPSA) is 89.2 Å². The summed E-state index contributed by atoms with van der Waals surface area (Å²) in [6.07, 6.45) is 1.46. The van der Waals surface area contributed by atoms with E-state index in [4.69, 9.17) is 13.9 Å². The SMILES string of the molecule is COc1ccc(C)cc1/C(O)=C1/C(=O)C(=O)N(c2ccc(OC(C)C)cc2)C1c1ccco1. The van der Waals surface area contributed by atoms with Crippen LogP contribution in [0, 0.1) is 6.92 Å². The van der Waals surface area contributed by atoms with Crippen molar-refractivity contribution in [3.8, 4) is 11.5 Å². The molecule has 1 unspecified atom stereocenters. The zero-order chi connectivity index (χ0) is 23.7. The molecule has 1 aliphatic rings. The largest absolute Gasteiger partial charge is 0.507 e. The van der Waals surface area contributed by atoms with Gasteiger partial charge in [-0.3, -0.25) is 14.5 Å². The van der Waals surface area contributed by atoms with Crippen molar-refractivity contribution in [2.45, 2.75) is 32.9 Å². The number of aliphatic hydroxyl groups excluding tert-OH is 1. The van der Waals surface area contributed by atoms with Crippen molar-refractivity contribution in [2.24, 2.45) is 0 Å². The molecule has 7 nitrogen and oxygen atoms in total. The summed E-state index contributed by atoms with van der Waals surface area (Å²) in [5.41, 5.74) is 1.60. The van der Waals surface area contributed by atoms with Gasteiger partial charge in [0.05, 0.1) is 30.6 Å². The van der Waals surface area contributed by atoms with Gasteiger partial charge < -0.3 is 19.0 Å². The Morgan fingerprint density at radius 3 is 2.42 bits per heavy atom. The Bertz CT molecular complexity index is 1210. The van der Waals surface area contributed by atoms with Gasteiger partial charge in [-0.15, -0.1) is 0 Å². The number of carbonyl (C=O) groups excluding carboxylic acids is 2. The highest BCUT2D eigenvalue weighted by Crippen LogP contribution is 2.43. The van der Waals surface area contributed by atoms with Crippen molar-refractivity contribution < 1.29 is 28.6 Å². The molecule has 7 heteroatoms. The summed E-state index contributed by atoms with van der Waals surface area (Å²) in [6.45, 7) is 5.70. The Morgan fingerprint density at radius 2 is 1.82 bits per heavy atom. The lowest BCUT2D eigenvalue weighted by molar-refractivity contribution is -0.132. The molecular weight excluding hydrogens is 422 g/mol. The fraction of sp³-hybridized carbons (Fsp3) is 0.231. The summed E-state index contributed by atoms with van der Waals surface area (Å²) >= 11 is 0. The number of amides is 1. The number of rotatable bonds is 6. The second-order valence-electron chi connectivity index (χ2n) is 8.05. The van der Waals surface area contributed by atoms with E-state index in [-0.39, 0.29) is 17.4 Å². The number of carbonyl (C=O) groups is 2. The minimum absolute atomic E-state index is 0.00231. The van der Waals surface area contributed by atoms with E-state index in [1.165, 1.54) is 18.3 Å². The molecule has 0 bridgehead atoms. The van der Waals surface area contributed by atoms with Crippen molar-refractivity contribution >= 4 is 23.1 Å². The quantitative estimate of drug-likeness (QED) is 0.325.